The van der Waals surface area contributed by atoms with E-state index in [1.54, 1.807) is 24.3 Å². The predicted octanol–water partition coefficient (Wildman–Crippen LogP) is 7.84. The van der Waals surface area contributed by atoms with Crippen LogP contribution < -0.4 is 0 Å². The molecule has 33 heavy (non-hydrogen) atoms. The van der Waals surface area contributed by atoms with Crippen LogP contribution in [0.1, 0.15) is 17.3 Å². The Morgan fingerprint density at radius 2 is 1.55 bits per heavy atom. The van der Waals surface area contributed by atoms with Crippen LogP contribution in [0.3, 0.4) is 0 Å². The number of nitro groups is 1. The van der Waals surface area contributed by atoms with Crippen molar-refractivity contribution in [1.29, 1.82) is 5.26 Å². The molecule has 0 spiro atoms. The fourth-order valence-corrected chi connectivity index (χ4v) is 3.31. The minimum Gasteiger partial charge on any atom is -0.258 e. The van der Waals surface area contributed by atoms with Crippen LogP contribution in [0.2, 0.25) is 5.02 Å². The summed E-state index contributed by atoms with van der Waals surface area (Å²) < 4.78 is 0. The number of halogens is 1. The first-order valence-electron chi connectivity index (χ1n) is 9.77. The van der Waals surface area contributed by atoms with E-state index in [0.717, 1.165) is 10.8 Å². The summed E-state index contributed by atoms with van der Waals surface area (Å²) in [6.45, 7) is 0. The number of hydrogen-bond acceptors (Lipinski definition) is 7. The number of benzene rings is 4. The summed E-state index contributed by atoms with van der Waals surface area (Å²) in [5.41, 5.74) is 1.81. The van der Waals surface area contributed by atoms with Crippen LogP contribution >= 0.6 is 11.6 Å². The van der Waals surface area contributed by atoms with Crippen LogP contribution in [0.4, 0.5) is 17.1 Å². The average molecular weight is 455 g/mol. The molecule has 4 aromatic carbocycles. The van der Waals surface area contributed by atoms with Crippen molar-refractivity contribution in [3.63, 3.8) is 0 Å². The molecule has 0 saturated carbocycles. The van der Waals surface area contributed by atoms with Crippen molar-refractivity contribution in [3.05, 3.63) is 111 Å². The molecule has 4 aromatic rings. The second-order valence-corrected chi connectivity index (χ2v) is 7.43. The molecule has 0 aliphatic heterocycles. The predicted molar refractivity (Wildman–Crippen MR) is 125 cm³/mol. The van der Waals surface area contributed by atoms with Gasteiger partial charge >= 0.3 is 0 Å². The molecule has 0 aliphatic rings. The molecular formula is C24H15ClN6O2. The zero-order valence-corrected chi connectivity index (χ0v) is 17.8. The molecule has 9 heteroatoms. The second kappa shape index (κ2) is 9.77. The summed E-state index contributed by atoms with van der Waals surface area (Å²) >= 11 is 5.97. The third-order valence-corrected chi connectivity index (χ3v) is 4.93. The first-order valence-corrected chi connectivity index (χ1v) is 10.2. The van der Waals surface area contributed by atoms with Crippen LogP contribution in [0.5, 0.6) is 0 Å². The molecule has 8 nitrogen and oxygen atoms in total. The van der Waals surface area contributed by atoms with E-state index in [2.05, 4.69) is 26.5 Å². The van der Waals surface area contributed by atoms with Crippen LogP contribution in [-0.4, -0.2) is 4.92 Å². The van der Waals surface area contributed by atoms with Gasteiger partial charge in [-0.2, -0.15) is 25.7 Å². The summed E-state index contributed by atoms with van der Waals surface area (Å²) in [5, 5.41) is 39.4. The van der Waals surface area contributed by atoms with Crippen LogP contribution in [0.25, 0.3) is 10.8 Å². The Hall–Kier alpha value is -4.48. The molecule has 0 aromatic heterocycles. The minimum atomic E-state index is -0.831. The molecule has 1 unspecified atom stereocenters. The Labute approximate surface area is 193 Å². The van der Waals surface area contributed by atoms with Crippen molar-refractivity contribution in [1.82, 2.24) is 0 Å². The summed E-state index contributed by atoms with van der Waals surface area (Å²) in [6, 6.07) is 26.4. The monoisotopic (exact) mass is 454 g/mol. The standard InChI is InChI=1S/C24H15ClN6O2/c25-20-12-22(14-23(13-20)31(32)33)28-30-24(18-7-5-16(15-26)6-8-18)29-27-21-10-9-17-3-1-2-4-19(17)11-21/h1-14,24H. The smallest absolute Gasteiger partial charge is 0.258 e. The molecule has 0 fully saturated rings. The lowest BCUT2D eigenvalue weighted by Gasteiger charge is -2.06. The highest BCUT2D eigenvalue weighted by atomic mass is 35.5. The van der Waals surface area contributed by atoms with Crippen molar-refractivity contribution < 1.29 is 4.92 Å². The number of fused-ring (bicyclic) bond motifs is 1. The lowest BCUT2D eigenvalue weighted by molar-refractivity contribution is -0.384. The van der Waals surface area contributed by atoms with Gasteiger partial charge in [0.2, 0.25) is 6.17 Å². The molecule has 0 saturated heterocycles. The third kappa shape index (κ3) is 5.42. The molecule has 0 amide bonds. The van der Waals surface area contributed by atoms with Crippen molar-refractivity contribution in [2.24, 2.45) is 20.5 Å². The number of azo groups is 2. The van der Waals surface area contributed by atoms with E-state index in [0.29, 0.717) is 16.8 Å². The molecule has 160 valence electrons. The quantitative estimate of drug-likeness (QED) is 0.168. The van der Waals surface area contributed by atoms with Crippen LogP contribution in [0.15, 0.2) is 105 Å². The number of nitro benzene ring substituents is 1. The van der Waals surface area contributed by atoms with Gasteiger partial charge in [-0.1, -0.05) is 54.1 Å². The van der Waals surface area contributed by atoms with E-state index in [1.165, 1.54) is 18.2 Å². The van der Waals surface area contributed by atoms with Crippen molar-refractivity contribution >= 4 is 39.4 Å². The number of nitriles is 1. The lowest BCUT2D eigenvalue weighted by atomic mass is 10.1. The van der Waals surface area contributed by atoms with Gasteiger partial charge in [0.05, 0.1) is 27.9 Å². The summed E-state index contributed by atoms with van der Waals surface area (Å²) in [5.74, 6) is 0. The number of hydrogen-bond donors (Lipinski definition) is 0. The van der Waals surface area contributed by atoms with Gasteiger partial charge in [-0.05, 0) is 41.1 Å². The molecule has 0 bridgehead atoms. The Morgan fingerprint density at radius 3 is 2.24 bits per heavy atom. The maximum atomic E-state index is 11.1. The SMILES string of the molecule is N#Cc1ccc(C(N=Nc2cc(Cl)cc([N+](=O)[O-])c2)N=Nc2ccc3ccccc3c2)cc1. The fourth-order valence-electron chi connectivity index (χ4n) is 3.09. The Bertz CT molecular complexity index is 1430. The van der Waals surface area contributed by atoms with E-state index in [9.17, 15) is 10.1 Å². The molecule has 0 N–H and O–H groups in total. The number of rotatable bonds is 6. The molecule has 0 aliphatic carbocycles. The van der Waals surface area contributed by atoms with Gasteiger partial charge in [0, 0.05) is 22.7 Å². The lowest BCUT2D eigenvalue weighted by Crippen LogP contribution is -1.91. The highest BCUT2D eigenvalue weighted by molar-refractivity contribution is 6.31. The van der Waals surface area contributed by atoms with E-state index in [1.807, 2.05) is 42.5 Å². The van der Waals surface area contributed by atoms with Gasteiger partial charge in [0.15, 0.2) is 0 Å². The summed E-state index contributed by atoms with van der Waals surface area (Å²) in [6.07, 6.45) is -0.831. The fraction of sp³-hybridized carbons (Fsp3) is 0.0417. The summed E-state index contributed by atoms with van der Waals surface area (Å²) in [4.78, 5) is 10.5. The van der Waals surface area contributed by atoms with Gasteiger partial charge < -0.3 is 0 Å². The largest absolute Gasteiger partial charge is 0.273 e. The topological polar surface area (TPSA) is 116 Å². The minimum absolute atomic E-state index is 0.172. The molecular weight excluding hydrogens is 440 g/mol. The van der Waals surface area contributed by atoms with Crippen molar-refractivity contribution in [2.75, 3.05) is 0 Å². The normalized spacial score (nSPS) is 12.2. The van der Waals surface area contributed by atoms with Gasteiger partial charge in [-0.25, -0.2) is 0 Å². The molecule has 1 atom stereocenters. The Morgan fingerprint density at radius 1 is 0.848 bits per heavy atom. The Kier molecular flexibility index (Phi) is 6.43. The highest BCUT2D eigenvalue weighted by Crippen LogP contribution is 2.30. The average Bonchev–Trinajstić information content (AvgIpc) is 2.83. The summed E-state index contributed by atoms with van der Waals surface area (Å²) in [7, 11) is 0. The molecule has 4 rings (SSSR count). The van der Waals surface area contributed by atoms with E-state index < -0.39 is 11.1 Å². The van der Waals surface area contributed by atoms with E-state index in [4.69, 9.17) is 16.9 Å². The third-order valence-electron chi connectivity index (χ3n) is 4.71. The number of nitrogens with zero attached hydrogens (tertiary/aromatic N) is 6. The van der Waals surface area contributed by atoms with Gasteiger partial charge in [0.1, 0.15) is 0 Å². The van der Waals surface area contributed by atoms with Crippen molar-refractivity contribution in [2.45, 2.75) is 6.17 Å². The van der Waals surface area contributed by atoms with Crippen molar-refractivity contribution in [3.8, 4) is 6.07 Å². The Balaban J connectivity index is 1.68. The highest BCUT2D eigenvalue weighted by Gasteiger charge is 2.12. The zero-order chi connectivity index (χ0) is 23.2. The van der Waals surface area contributed by atoms with Gasteiger partial charge in [-0.3, -0.25) is 10.1 Å². The maximum absolute atomic E-state index is 11.1. The zero-order valence-electron chi connectivity index (χ0n) is 17.0. The second-order valence-electron chi connectivity index (χ2n) is 6.99. The molecule has 0 radical (unpaired) electrons. The van der Waals surface area contributed by atoms with E-state index >= 15 is 0 Å². The maximum Gasteiger partial charge on any atom is 0.273 e. The van der Waals surface area contributed by atoms with Crippen LogP contribution in [-0.2, 0) is 0 Å². The molecule has 0 heterocycles. The first-order chi connectivity index (χ1) is 16.0. The van der Waals surface area contributed by atoms with Gasteiger partial charge in [0.25, 0.3) is 5.69 Å². The van der Waals surface area contributed by atoms with E-state index in [-0.39, 0.29) is 16.4 Å². The van der Waals surface area contributed by atoms with Gasteiger partial charge in [-0.15, -0.1) is 0 Å². The van der Waals surface area contributed by atoms with Crippen LogP contribution in [0, 0.1) is 21.4 Å². The first kappa shape index (κ1) is 21.7. The number of non-ortho nitro benzene ring substituents is 1.